The fourth-order valence-corrected chi connectivity index (χ4v) is 2.83. The lowest BCUT2D eigenvalue weighted by atomic mass is 10.3. The van der Waals surface area contributed by atoms with Crippen molar-refractivity contribution in [3.05, 3.63) is 72.6 Å². The number of carbonyl (C=O) groups excluding carboxylic acids is 1. The van der Waals surface area contributed by atoms with Crippen molar-refractivity contribution in [1.29, 1.82) is 0 Å². The summed E-state index contributed by atoms with van der Waals surface area (Å²) in [5.74, 6) is 1.77. The zero-order chi connectivity index (χ0) is 19.2. The first-order chi connectivity index (χ1) is 13.8. The summed E-state index contributed by atoms with van der Waals surface area (Å²) in [5.41, 5.74) is 1.17. The number of morpholine rings is 1. The van der Waals surface area contributed by atoms with Gasteiger partial charge in [-0.3, -0.25) is 4.79 Å². The maximum absolute atomic E-state index is 12.6. The molecule has 0 unspecified atom stereocenters. The van der Waals surface area contributed by atoms with Crippen LogP contribution in [0.15, 0.2) is 66.9 Å². The van der Waals surface area contributed by atoms with Crippen molar-refractivity contribution < 1.29 is 14.3 Å². The molecule has 0 spiro atoms. The molecule has 0 bridgehead atoms. The van der Waals surface area contributed by atoms with Crippen LogP contribution in [0.4, 0.5) is 11.6 Å². The van der Waals surface area contributed by atoms with Crippen LogP contribution >= 0.6 is 0 Å². The number of benzene rings is 2. The van der Waals surface area contributed by atoms with E-state index in [2.05, 4.69) is 15.3 Å². The van der Waals surface area contributed by atoms with Crippen LogP contribution in [0.5, 0.6) is 11.5 Å². The molecule has 2 aromatic carbocycles. The molecule has 142 valence electrons. The fourth-order valence-electron chi connectivity index (χ4n) is 2.83. The van der Waals surface area contributed by atoms with Gasteiger partial charge in [0, 0.05) is 25.0 Å². The molecule has 1 fully saturated rings. The van der Waals surface area contributed by atoms with Gasteiger partial charge >= 0.3 is 0 Å². The van der Waals surface area contributed by atoms with Crippen molar-refractivity contribution in [1.82, 2.24) is 14.9 Å². The standard InChI is InChI=1S/C21H20N4O3/c26-20(25-12-14-27-15-13-25)19-10-11-22-21(24-19)23-16-6-8-18(9-7-16)28-17-4-2-1-3-5-17/h1-11H,12-15H2,(H,22,23,24). The molecule has 1 saturated heterocycles. The first-order valence-corrected chi connectivity index (χ1v) is 9.08. The molecule has 1 aliphatic heterocycles. The monoisotopic (exact) mass is 376 g/mol. The highest BCUT2D eigenvalue weighted by molar-refractivity contribution is 5.92. The minimum atomic E-state index is -0.111. The summed E-state index contributed by atoms with van der Waals surface area (Å²) in [5, 5.41) is 3.12. The highest BCUT2D eigenvalue weighted by Gasteiger charge is 2.20. The van der Waals surface area contributed by atoms with Gasteiger partial charge in [0.15, 0.2) is 0 Å². The van der Waals surface area contributed by atoms with Crippen LogP contribution in [0.1, 0.15) is 10.5 Å². The molecule has 2 heterocycles. The number of para-hydroxylation sites is 1. The topological polar surface area (TPSA) is 76.6 Å². The highest BCUT2D eigenvalue weighted by Crippen LogP contribution is 2.23. The van der Waals surface area contributed by atoms with E-state index in [0.29, 0.717) is 37.9 Å². The highest BCUT2D eigenvalue weighted by atomic mass is 16.5. The van der Waals surface area contributed by atoms with Gasteiger partial charge in [0.2, 0.25) is 5.95 Å². The number of ether oxygens (including phenoxy) is 2. The van der Waals surface area contributed by atoms with Crippen molar-refractivity contribution >= 4 is 17.5 Å². The SMILES string of the molecule is O=C(c1ccnc(Nc2ccc(Oc3ccccc3)cc2)n1)N1CCOCC1. The van der Waals surface area contributed by atoms with Gasteiger partial charge in [0.1, 0.15) is 17.2 Å². The Bertz CT molecular complexity index is 926. The number of anilines is 2. The molecule has 28 heavy (non-hydrogen) atoms. The van der Waals surface area contributed by atoms with Crippen LogP contribution in [0.25, 0.3) is 0 Å². The zero-order valence-corrected chi connectivity index (χ0v) is 15.2. The van der Waals surface area contributed by atoms with Crippen molar-refractivity contribution in [3.63, 3.8) is 0 Å². The minimum Gasteiger partial charge on any atom is -0.457 e. The molecule has 0 atom stereocenters. The van der Waals surface area contributed by atoms with Crippen molar-refractivity contribution in [3.8, 4) is 11.5 Å². The summed E-state index contributed by atoms with van der Waals surface area (Å²) in [6.45, 7) is 2.27. The van der Waals surface area contributed by atoms with Gasteiger partial charge in [-0.25, -0.2) is 9.97 Å². The van der Waals surface area contributed by atoms with E-state index in [0.717, 1.165) is 17.2 Å². The average Bonchev–Trinajstić information content (AvgIpc) is 2.76. The maximum Gasteiger partial charge on any atom is 0.272 e. The Labute approximate surface area is 163 Å². The number of nitrogens with one attached hydrogen (secondary N) is 1. The molecule has 0 saturated carbocycles. The average molecular weight is 376 g/mol. The van der Waals surface area contributed by atoms with E-state index in [-0.39, 0.29) is 5.91 Å². The van der Waals surface area contributed by atoms with Gasteiger partial charge in [-0.15, -0.1) is 0 Å². The van der Waals surface area contributed by atoms with Gasteiger partial charge in [0.25, 0.3) is 5.91 Å². The molecule has 7 nitrogen and oxygen atoms in total. The normalized spacial score (nSPS) is 13.8. The predicted octanol–water partition coefficient (Wildman–Crippen LogP) is 3.48. The summed E-state index contributed by atoms with van der Waals surface area (Å²) in [4.78, 5) is 22.9. The molecule has 0 aliphatic carbocycles. The molecule has 3 aromatic rings. The van der Waals surface area contributed by atoms with Crippen LogP contribution in [0.2, 0.25) is 0 Å². The van der Waals surface area contributed by atoms with Gasteiger partial charge < -0.3 is 19.7 Å². The number of nitrogens with zero attached hydrogens (tertiary/aromatic N) is 3. The number of carbonyl (C=O) groups is 1. The van der Waals surface area contributed by atoms with Gasteiger partial charge in [-0.05, 0) is 42.5 Å². The van der Waals surface area contributed by atoms with Crippen LogP contribution in [-0.4, -0.2) is 47.1 Å². The van der Waals surface area contributed by atoms with Crippen LogP contribution in [0.3, 0.4) is 0 Å². The summed E-state index contributed by atoms with van der Waals surface area (Å²) in [6, 6.07) is 18.7. The van der Waals surface area contributed by atoms with Crippen molar-refractivity contribution in [2.75, 3.05) is 31.6 Å². The quantitative estimate of drug-likeness (QED) is 0.735. The summed E-state index contributed by atoms with van der Waals surface area (Å²) < 4.78 is 11.1. The second-order valence-electron chi connectivity index (χ2n) is 6.23. The molecular weight excluding hydrogens is 356 g/mol. The summed E-state index contributed by atoms with van der Waals surface area (Å²) in [6.07, 6.45) is 1.58. The molecule has 1 amide bonds. The fraction of sp³-hybridized carbons (Fsp3) is 0.190. The Hall–Kier alpha value is -3.45. The predicted molar refractivity (Wildman–Crippen MR) is 105 cm³/mol. The number of hydrogen-bond donors (Lipinski definition) is 1. The van der Waals surface area contributed by atoms with Crippen LogP contribution in [0, 0.1) is 0 Å². The Morgan fingerprint density at radius 2 is 1.68 bits per heavy atom. The third kappa shape index (κ3) is 4.44. The third-order valence-electron chi connectivity index (χ3n) is 4.26. The summed E-state index contributed by atoms with van der Waals surface area (Å²) in [7, 11) is 0. The molecule has 4 rings (SSSR count). The number of rotatable bonds is 5. The van der Waals surface area contributed by atoms with E-state index < -0.39 is 0 Å². The van der Waals surface area contributed by atoms with Crippen LogP contribution < -0.4 is 10.1 Å². The second kappa shape index (κ2) is 8.49. The second-order valence-corrected chi connectivity index (χ2v) is 6.23. The van der Waals surface area contributed by atoms with E-state index in [1.54, 1.807) is 17.2 Å². The van der Waals surface area contributed by atoms with E-state index in [9.17, 15) is 4.79 Å². The number of aromatic nitrogens is 2. The Morgan fingerprint density at radius 3 is 2.43 bits per heavy atom. The lowest BCUT2D eigenvalue weighted by Gasteiger charge is -2.26. The van der Waals surface area contributed by atoms with E-state index in [1.807, 2.05) is 54.6 Å². The molecule has 1 aromatic heterocycles. The largest absolute Gasteiger partial charge is 0.457 e. The lowest BCUT2D eigenvalue weighted by molar-refractivity contribution is 0.0299. The van der Waals surface area contributed by atoms with Gasteiger partial charge in [-0.1, -0.05) is 18.2 Å². The van der Waals surface area contributed by atoms with Crippen molar-refractivity contribution in [2.45, 2.75) is 0 Å². The maximum atomic E-state index is 12.6. The van der Waals surface area contributed by atoms with E-state index in [1.165, 1.54) is 0 Å². The molecular formula is C21H20N4O3. The van der Waals surface area contributed by atoms with Gasteiger partial charge in [0.05, 0.1) is 13.2 Å². The van der Waals surface area contributed by atoms with E-state index in [4.69, 9.17) is 9.47 Å². The smallest absolute Gasteiger partial charge is 0.272 e. The molecule has 1 N–H and O–H groups in total. The number of hydrogen-bond acceptors (Lipinski definition) is 6. The lowest BCUT2D eigenvalue weighted by Crippen LogP contribution is -2.41. The van der Waals surface area contributed by atoms with Crippen molar-refractivity contribution in [2.24, 2.45) is 0 Å². The third-order valence-corrected chi connectivity index (χ3v) is 4.26. The molecule has 7 heteroatoms. The first-order valence-electron chi connectivity index (χ1n) is 9.08. The zero-order valence-electron chi connectivity index (χ0n) is 15.2. The Balaban J connectivity index is 1.42. The Kier molecular flexibility index (Phi) is 5.44. The van der Waals surface area contributed by atoms with E-state index >= 15 is 0 Å². The van der Waals surface area contributed by atoms with Gasteiger partial charge in [-0.2, -0.15) is 0 Å². The molecule has 1 aliphatic rings. The summed E-state index contributed by atoms with van der Waals surface area (Å²) >= 11 is 0. The Morgan fingerprint density at radius 1 is 0.964 bits per heavy atom. The van der Waals surface area contributed by atoms with Crippen LogP contribution in [-0.2, 0) is 4.74 Å². The first kappa shape index (κ1) is 17.9. The number of amides is 1. The molecule has 0 radical (unpaired) electrons. The minimum absolute atomic E-state index is 0.111.